The maximum Gasteiger partial charge on any atom is 0.125 e. The first-order valence-corrected chi connectivity index (χ1v) is 7.27. The van der Waals surface area contributed by atoms with Crippen molar-refractivity contribution in [2.24, 2.45) is 0 Å². The number of halogens is 1. The van der Waals surface area contributed by atoms with Crippen LogP contribution >= 0.6 is 15.9 Å². The van der Waals surface area contributed by atoms with Crippen molar-refractivity contribution >= 4 is 15.9 Å². The van der Waals surface area contributed by atoms with Crippen molar-refractivity contribution in [3.8, 4) is 5.75 Å². The maximum absolute atomic E-state index is 6.06. The molecule has 1 aliphatic rings. The Morgan fingerprint density at radius 2 is 2.39 bits per heavy atom. The summed E-state index contributed by atoms with van der Waals surface area (Å²) in [4.78, 5) is 0. The Kier molecular flexibility index (Phi) is 5.03. The second kappa shape index (κ2) is 6.55. The highest BCUT2D eigenvalue weighted by molar-refractivity contribution is 9.10. The lowest BCUT2D eigenvalue weighted by molar-refractivity contribution is 0.140. The Morgan fingerprint density at radius 3 is 3.06 bits per heavy atom. The van der Waals surface area contributed by atoms with Gasteiger partial charge in [0.25, 0.3) is 0 Å². The smallest absolute Gasteiger partial charge is 0.125 e. The highest BCUT2D eigenvalue weighted by Gasteiger charge is 2.20. The zero-order valence-electron chi connectivity index (χ0n) is 10.9. The van der Waals surface area contributed by atoms with E-state index in [9.17, 15) is 0 Å². The molecule has 100 valence electrons. The van der Waals surface area contributed by atoms with Crippen LogP contribution in [0.2, 0.25) is 0 Å². The van der Waals surface area contributed by atoms with Gasteiger partial charge in [-0.3, -0.25) is 0 Å². The molecular weight excluding hydrogens is 294 g/mol. The molecule has 1 aliphatic heterocycles. The lowest BCUT2D eigenvalue weighted by atomic mass is 10.1. The van der Waals surface area contributed by atoms with E-state index in [4.69, 9.17) is 9.47 Å². The van der Waals surface area contributed by atoms with Gasteiger partial charge in [-0.25, -0.2) is 0 Å². The molecule has 1 saturated heterocycles. The SMILES string of the molecule is CCNC(C)c1ccc(Br)cc1OC1CCOC1. The van der Waals surface area contributed by atoms with E-state index in [1.165, 1.54) is 5.56 Å². The van der Waals surface area contributed by atoms with Gasteiger partial charge in [0, 0.05) is 22.5 Å². The summed E-state index contributed by atoms with van der Waals surface area (Å²) in [5, 5.41) is 3.42. The predicted octanol–water partition coefficient (Wildman–Crippen LogP) is 3.29. The van der Waals surface area contributed by atoms with Crippen LogP contribution in [0.3, 0.4) is 0 Å². The van der Waals surface area contributed by atoms with E-state index < -0.39 is 0 Å². The molecule has 0 aromatic heterocycles. The molecule has 0 saturated carbocycles. The third-order valence-electron chi connectivity index (χ3n) is 3.13. The van der Waals surface area contributed by atoms with E-state index in [0.717, 1.165) is 29.8 Å². The van der Waals surface area contributed by atoms with Crippen molar-refractivity contribution in [3.05, 3.63) is 28.2 Å². The van der Waals surface area contributed by atoms with Gasteiger partial charge in [0.1, 0.15) is 11.9 Å². The Balaban J connectivity index is 2.16. The molecular formula is C14H20BrNO2. The highest BCUT2D eigenvalue weighted by atomic mass is 79.9. The van der Waals surface area contributed by atoms with E-state index in [0.29, 0.717) is 12.6 Å². The van der Waals surface area contributed by atoms with Crippen molar-refractivity contribution in [3.63, 3.8) is 0 Å². The monoisotopic (exact) mass is 313 g/mol. The quantitative estimate of drug-likeness (QED) is 0.905. The first-order chi connectivity index (χ1) is 8.70. The Labute approximate surface area is 117 Å². The van der Waals surface area contributed by atoms with Crippen molar-refractivity contribution in [2.45, 2.75) is 32.4 Å². The first kappa shape index (κ1) is 13.8. The molecule has 0 spiro atoms. The molecule has 2 unspecified atom stereocenters. The van der Waals surface area contributed by atoms with E-state index in [2.05, 4.69) is 47.2 Å². The van der Waals surface area contributed by atoms with Crippen molar-refractivity contribution < 1.29 is 9.47 Å². The fourth-order valence-electron chi connectivity index (χ4n) is 2.17. The summed E-state index contributed by atoms with van der Waals surface area (Å²) in [5.41, 5.74) is 1.20. The van der Waals surface area contributed by atoms with Crippen LogP contribution in [0.1, 0.15) is 31.9 Å². The first-order valence-electron chi connectivity index (χ1n) is 6.48. The van der Waals surface area contributed by atoms with Crippen molar-refractivity contribution in [1.82, 2.24) is 5.32 Å². The van der Waals surface area contributed by atoms with Crippen LogP contribution in [0.5, 0.6) is 5.75 Å². The third-order valence-corrected chi connectivity index (χ3v) is 3.63. The largest absolute Gasteiger partial charge is 0.488 e. The van der Waals surface area contributed by atoms with Gasteiger partial charge in [-0.1, -0.05) is 28.9 Å². The topological polar surface area (TPSA) is 30.5 Å². The molecule has 0 aliphatic carbocycles. The molecule has 1 aromatic rings. The zero-order valence-corrected chi connectivity index (χ0v) is 12.5. The molecule has 0 radical (unpaired) electrons. The van der Waals surface area contributed by atoms with Crippen molar-refractivity contribution in [1.29, 1.82) is 0 Å². The van der Waals surface area contributed by atoms with Crippen molar-refractivity contribution in [2.75, 3.05) is 19.8 Å². The number of nitrogens with one attached hydrogen (secondary N) is 1. The molecule has 18 heavy (non-hydrogen) atoms. The fraction of sp³-hybridized carbons (Fsp3) is 0.571. The molecule has 0 bridgehead atoms. The predicted molar refractivity (Wildman–Crippen MR) is 76.1 cm³/mol. The van der Waals surface area contributed by atoms with Gasteiger partial charge in [-0.2, -0.15) is 0 Å². The van der Waals surface area contributed by atoms with Crippen LogP contribution in [0.15, 0.2) is 22.7 Å². The summed E-state index contributed by atoms with van der Waals surface area (Å²) in [6.45, 7) is 6.72. The van der Waals surface area contributed by atoms with Crippen LogP contribution in [-0.2, 0) is 4.74 Å². The summed E-state index contributed by atoms with van der Waals surface area (Å²) in [5.74, 6) is 0.952. The average molecular weight is 314 g/mol. The molecule has 0 amide bonds. The fourth-order valence-corrected chi connectivity index (χ4v) is 2.51. The van der Waals surface area contributed by atoms with Gasteiger partial charge in [0.15, 0.2) is 0 Å². The van der Waals surface area contributed by atoms with Gasteiger partial charge in [-0.15, -0.1) is 0 Å². The normalized spacial score (nSPS) is 20.9. The summed E-state index contributed by atoms with van der Waals surface area (Å²) in [7, 11) is 0. The van der Waals surface area contributed by atoms with Crippen LogP contribution < -0.4 is 10.1 Å². The lowest BCUT2D eigenvalue weighted by Gasteiger charge is -2.20. The Hall–Kier alpha value is -0.580. The Morgan fingerprint density at radius 1 is 1.56 bits per heavy atom. The molecule has 1 heterocycles. The van der Waals surface area contributed by atoms with E-state index in [1.54, 1.807) is 0 Å². The minimum Gasteiger partial charge on any atom is -0.488 e. The summed E-state index contributed by atoms with van der Waals surface area (Å²) in [6, 6.07) is 6.51. The number of hydrogen-bond acceptors (Lipinski definition) is 3. The molecule has 1 aromatic carbocycles. The van der Waals surface area contributed by atoms with Gasteiger partial charge in [0.05, 0.1) is 13.2 Å². The minimum absolute atomic E-state index is 0.187. The summed E-state index contributed by atoms with van der Waals surface area (Å²) in [6.07, 6.45) is 1.16. The van der Waals surface area contributed by atoms with E-state index in [1.807, 2.05) is 6.07 Å². The van der Waals surface area contributed by atoms with Gasteiger partial charge >= 0.3 is 0 Å². The molecule has 4 heteroatoms. The van der Waals surface area contributed by atoms with Crippen LogP contribution in [-0.4, -0.2) is 25.9 Å². The second-order valence-electron chi connectivity index (χ2n) is 4.56. The maximum atomic E-state index is 6.06. The van der Waals surface area contributed by atoms with E-state index >= 15 is 0 Å². The molecule has 2 rings (SSSR count). The third kappa shape index (κ3) is 3.46. The van der Waals surface area contributed by atoms with Crippen LogP contribution in [0, 0.1) is 0 Å². The molecule has 2 atom stereocenters. The molecule has 1 N–H and O–H groups in total. The molecule has 1 fully saturated rings. The summed E-state index contributed by atoms with van der Waals surface area (Å²) >= 11 is 3.50. The standard InChI is InChI=1S/C14H20BrNO2/c1-3-16-10(2)13-5-4-11(15)8-14(13)18-12-6-7-17-9-12/h4-5,8,10,12,16H,3,6-7,9H2,1-2H3. The molecule has 3 nitrogen and oxygen atoms in total. The number of ether oxygens (including phenoxy) is 2. The average Bonchev–Trinajstić information content (AvgIpc) is 2.82. The zero-order chi connectivity index (χ0) is 13.0. The minimum atomic E-state index is 0.187. The lowest BCUT2D eigenvalue weighted by Crippen LogP contribution is -2.21. The highest BCUT2D eigenvalue weighted by Crippen LogP contribution is 2.30. The van der Waals surface area contributed by atoms with Gasteiger partial charge in [0.2, 0.25) is 0 Å². The van der Waals surface area contributed by atoms with Gasteiger partial charge in [-0.05, 0) is 25.6 Å². The van der Waals surface area contributed by atoms with E-state index in [-0.39, 0.29) is 6.10 Å². The second-order valence-corrected chi connectivity index (χ2v) is 5.48. The Bertz CT molecular complexity index is 391. The number of benzene rings is 1. The number of hydrogen-bond donors (Lipinski definition) is 1. The van der Waals surface area contributed by atoms with Crippen LogP contribution in [0.25, 0.3) is 0 Å². The van der Waals surface area contributed by atoms with Crippen LogP contribution in [0.4, 0.5) is 0 Å². The summed E-state index contributed by atoms with van der Waals surface area (Å²) < 4.78 is 12.5. The van der Waals surface area contributed by atoms with Gasteiger partial charge < -0.3 is 14.8 Å². The number of rotatable bonds is 5.